The van der Waals surface area contributed by atoms with Crippen LogP contribution < -0.4 is 5.32 Å². The predicted molar refractivity (Wildman–Crippen MR) is 68.4 cm³/mol. The quantitative estimate of drug-likeness (QED) is 0.849. The third kappa shape index (κ3) is 2.51. The Balaban J connectivity index is 2.13. The van der Waals surface area contributed by atoms with E-state index in [1.165, 1.54) is 0 Å². The van der Waals surface area contributed by atoms with Gasteiger partial charge in [-0.3, -0.25) is 4.79 Å². The summed E-state index contributed by atoms with van der Waals surface area (Å²) in [6.45, 7) is 3.83. The van der Waals surface area contributed by atoms with Crippen LogP contribution in [-0.4, -0.2) is 33.0 Å². The number of nitrogens with one attached hydrogen (secondary N) is 1. The molecule has 96 valence electrons. The molecule has 2 N–H and O–H groups in total. The Kier molecular flexibility index (Phi) is 3.62. The van der Waals surface area contributed by atoms with Gasteiger partial charge in [0.15, 0.2) is 0 Å². The topological polar surface area (TPSA) is 66.6 Å². The minimum Gasteiger partial charge on any atom is -0.396 e. The second-order valence-electron chi connectivity index (χ2n) is 4.53. The van der Waals surface area contributed by atoms with E-state index in [0.29, 0.717) is 5.56 Å². The van der Waals surface area contributed by atoms with Gasteiger partial charge in [-0.05, 0) is 25.0 Å². The van der Waals surface area contributed by atoms with Crippen LogP contribution in [0.1, 0.15) is 24.2 Å². The number of aliphatic hydroxyl groups is 1. The number of carbonyl (C=O) groups excluding carboxylic acids is 1. The monoisotopic (exact) mass is 247 g/mol. The van der Waals surface area contributed by atoms with Crippen LogP contribution >= 0.6 is 0 Å². The molecule has 2 unspecified atom stereocenters. The van der Waals surface area contributed by atoms with Crippen LogP contribution in [0.2, 0.25) is 0 Å². The number of hydrogen-bond donors (Lipinski definition) is 2. The van der Waals surface area contributed by atoms with Crippen LogP contribution in [0.3, 0.4) is 0 Å². The molecule has 18 heavy (non-hydrogen) atoms. The van der Waals surface area contributed by atoms with Gasteiger partial charge in [-0.25, -0.2) is 4.98 Å². The lowest BCUT2D eigenvalue weighted by atomic mass is 10.0. The minimum atomic E-state index is -0.145. The van der Waals surface area contributed by atoms with E-state index in [-0.39, 0.29) is 24.5 Å². The van der Waals surface area contributed by atoms with Gasteiger partial charge in [0.05, 0.1) is 0 Å². The number of fused-ring (bicyclic) bond motifs is 1. The molecule has 0 spiro atoms. The van der Waals surface area contributed by atoms with Crippen LogP contribution in [0.4, 0.5) is 0 Å². The molecule has 5 heteroatoms. The van der Waals surface area contributed by atoms with Gasteiger partial charge in [0.25, 0.3) is 5.91 Å². The third-order valence-electron chi connectivity index (χ3n) is 3.16. The SMILES string of the molecule is CC(CO)C(C)NC(=O)c1ccn2ccnc2c1. The molecule has 0 radical (unpaired) electrons. The van der Waals surface area contributed by atoms with Crippen molar-refractivity contribution in [3.05, 3.63) is 36.3 Å². The summed E-state index contributed by atoms with van der Waals surface area (Å²) in [5.74, 6) is -0.114. The number of aliphatic hydroxyl groups excluding tert-OH is 1. The highest BCUT2D eigenvalue weighted by Gasteiger charge is 2.15. The van der Waals surface area contributed by atoms with Crippen molar-refractivity contribution in [3.8, 4) is 0 Å². The third-order valence-corrected chi connectivity index (χ3v) is 3.16. The Morgan fingerprint density at radius 1 is 1.50 bits per heavy atom. The maximum absolute atomic E-state index is 12.0. The standard InChI is InChI=1S/C13H17N3O2/c1-9(8-17)10(2)15-13(18)11-3-5-16-6-4-14-12(16)7-11/h3-7,9-10,17H,8H2,1-2H3,(H,15,18). The summed E-state index contributed by atoms with van der Waals surface area (Å²) in [7, 11) is 0. The van der Waals surface area contributed by atoms with Crippen LogP contribution in [-0.2, 0) is 0 Å². The number of aromatic nitrogens is 2. The van der Waals surface area contributed by atoms with E-state index in [1.54, 1.807) is 24.5 Å². The minimum absolute atomic E-state index is 0.0316. The highest BCUT2D eigenvalue weighted by atomic mass is 16.3. The molecule has 0 fully saturated rings. The largest absolute Gasteiger partial charge is 0.396 e. The van der Waals surface area contributed by atoms with E-state index in [9.17, 15) is 4.79 Å². The number of nitrogens with zero attached hydrogens (tertiary/aromatic N) is 2. The van der Waals surface area contributed by atoms with Crippen molar-refractivity contribution in [2.24, 2.45) is 5.92 Å². The molecule has 1 amide bonds. The van der Waals surface area contributed by atoms with Crippen LogP contribution in [0.15, 0.2) is 30.7 Å². The van der Waals surface area contributed by atoms with E-state index in [0.717, 1.165) is 5.65 Å². The molecule has 0 aliphatic heterocycles. The average molecular weight is 247 g/mol. The van der Waals surface area contributed by atoms with E-state index >= 15 is 0 Å². The fourth-order valence-electron chi connectivity index (χ4n) is 1.64. The molecule has 0 saturated carbocycles. The van der Waals surface area contributed by atoms with Crippen molar-refractivity contribution < 1.29 is 9.90 Å². The second-order valence-corrected chi connectivity index (χ2v) is 4.53. The van der Waals surface area contributed by atoms with Gasteiger partial charge in [0.1, 0.15) is 5.65 Å². The molecule has 2 heterocycles. The Bertz CT molecular complexity index is 550. The highest BCUT2D eigenvalue weighted by molar-refractivity contribution is 5.95. The maximum atomic E-state index is 12.0. The number of hydrogen-bond acceptors (Lipinski definition) is 3. The smallest absolute Gasteiger partial charge is 0.251 e. The fraction of sp³-hybridized carbons (Fsp3) is 0.385. The first kappa shape index (κ1) is 12.6. The van der Waals surface area contributed by atoms with Crippen LogP contribution in [0.25, 0.3) is 5.65 Å². The fourth-order valence-corrected chi connectivity index (χ4v) is 1.64. The molecule has 5 nitrogen and oxygen atoms in total. The molecule has 0 bridgehead atoms. The van der Waals surface area contributed by atoms with Crippen molar-refractivity contribution >= 4 is 11.6 Å². The van der Waals surface area contributed by atoms with Gasteiger partial charge in [-0.2, -0.15) is 0 Å². The maximum Gasteiger partial charge on any atom is 0.251 e. The van der Waals surface area contributed by atoms with E-state index in [1.807, 2.05) is 24.4 Å². The molecule has 0 aromatic carbocycles. The van der Waals surface area contributed by atoms with Gasteiger partial charge in [-0.15, -0.1) is 0 Å². The summed E-state index contributed by atoms with van der Waals surface area (Å²) in [5, 5.41) is 11.9. The van der Waals surface area contributed by atoms with Crippen LogP contribution in [0, 0.1) is 5.92 Å². The normalized spacial score (nSPS) is 14.4. The van der Waals surface area contributed by atoms with Crippen molar-refractivity contribution in [1.29, 1.82) is 0 Å². The zero-order valence-corrected chi connectivity index (χ0v) is 10.5. The van der Waals surface area contributed by atoms with Crippen molar-refractivity contribution in [2.45, 2.75) is 19.9 Å². The number of imidazole rings is 1. The Hall–Kier alpha value is -1.88. The van der Waals surface area contributed by atoms with Crippen molar-refractivity contribution in [1.82, 2.24) is 14.7 Å². The summed E-state index contributed by atoms with van der Waals surface area (Å²) < 4.78 is 1.84. The summed E-state index contributed by atoms with van der Waals surface area (Å²) >= 11 is 0. The second kappa shape index (κ2) is 5.18. The number of pyridine rings is 1. The van der Waals surface area contributed by atoms with Gasteiger partial charge < -0.3 is 14.8 Å². The van der Waals surface area contributed by atoms with Crippen LogP contribution in [0.5, 0.6) is 0 Å². The Labute approximate surface area is 105 Å². The molecular formula is C13H17N3O2. The zero-order valence-electron chi connectivity index (χ0n) is 10.5. The summed E-state index contributed by atoms with van der Waals surface area (Å²) in [6, 6.07) is 3.42. The van der Waals surface area contributed by atoms with Gasteiger partial charge >= 0.3 is 0 Å². The summed E-state index contributed by atoms with van der Waals surface area (Å²) in [6.07, 6.45) is 5.32. The summed E-state index contributed by atoms with van der Waals surface area (Å²) in [5.41, 5.74) is 1.32. The lowest BCUT2D eigenvalue weighted by Gasteiger charge is -2.19. The number of rotatable bonds is 4. The highest BCUT2D eigenvalue weighted by Crippen LogP contribution is 2.07. The molecule has 0 saturated heterocycles. The molecule has 2 rings (SSSR count). The number of carbonyl (C=O) groups is 1. The van der Waals surface area contributed by atoms with E-state index < -0.39 is 0 Å². The molecule has 2 atom stereocenters. The zero-order chi connectivity index (χ0) is 13.1. The van der Waals surface area contributed by atoms with Gasteiger partial charge in [0, 0.05) is 36.8 Å². The Morgan fingerprint density at radius 3 is 3.00 bits per heavy atom. The van der Waals surface area contributed by atoms with Crippen molar-refractivity contribution in [2.75, 3.05) is 6.61 Å². The number of amides is 1. The van der Waals surface area contributed by atoms with Gasteiger partial charge in [-0.1, -0.05) is 6.92 Å². The van der Waals surface area contributed by atoms with Crippen molar-refractivity contribution in [3.63, 3.8) is 0 Å². The molecular weight excluding hydrogens is 230 g/mol. The first-order chi connectivity index (χ1) is 8.61. The molecule has 0 aliphatic rings. The molecule has 2 aromatic heterocycles. The lowest BCUT2D eigenvalue weighted by molar-refractivity contribution is 0.0916. The predicted octanol–water partition coefficient (Wildman–Crippen LogP) is 1.08. The first-order valence-corrected chi connectivity index (χ1v) is 5.96. The van der Waals surface area contributed by atoms with E-state index in [2.05, 4.69) is 10.3 Å². The Morgan fingerprint density at radius 2 is 2.28 bits per heavy atom. The first-order valence-electron chi connectivity index (χ1n) is 5.96. The van der Waals surface area contributed by atoms with Gasteiger partial charge in [0.2, 0.25) is 0 Å². The van der Waals surface area contributed by atoms with E-state index in [4.69, 9.17) is 5.11 Å². The molecule has 2 aromatic rings. The average Bonchev–Trinajstić information content (AvgIpc) is 2.84. The lowest BCUT2D eigenvalue weighted by Crippen LogP contribution is -2.38. The summed E-state index contributed by atoms with van der Waals surface area (Å²) in [4.78, 5) is 16.1. The molecule has 0 aliphatic carbocycles.